The third-order valence-corrected chi connectivity index (χ3v) is 3.69. The van der Waals surface area contributed by atoms with Gasteiger partial charge in [-0.25, -0.2) is 0 Å². The second kappa shape index (κ2) is 6.75. The van der Waals surface area contributed by atoms with Crippen molar-refractivity contribution < 1.29 is 9.84 Å². The molecule has 1 aliphatic carbocycles. The number of hydrogen-bond acceptors (Lipinski definition) is 2. The van der Waals surface area contributed by atoms with Crippen molar-refractivity contribution >= 4 is 0 Å². The molecule has 0 heterocycles. The molecule has 1 aromatic carbocycles. The van der Waals surface area contributed by atoms with Gasteiger partial charge in [0.15, 0.2) is 0 Å². The van der Waals surface area contributed by atoms with Gasteiger partial charge in [0.05, 0.1) is 18.8 Å². The Morgan fingerprint density at radius 1 is 1.37 bits per heavy atom. The molecule has 0 saturated heterocycles. The Hall–Kier alpha value is -1.30. The SMILES string of the molecule is CC1(O)CCCC1C#CCCOCc1ccccc1. The molecule has 102 valence electrons. The predicted octanol–water partition coefficient (Wildman–Crippen LogP) is 3.15. The molecule has 2 nitrogen and oxygen atoms in total. The van der Waals surface area contributed by atoms with Crippen LogP contribution in [0.15, 0.2) is 30.3 Å². The molecule has 2 rings (SSSR count). The molecule has 1 N–H and O–H groups in total. The lowest BCUT2D eigenvalue weighted by Gasteiger charge is -2.20. The zero-order chi connectivity index (χ0) is 13.6. The Bertz CT molecular complexity index is 439. The molecule has 0 aliphatic heterocycles. The summed E-state index contributed by atoms with van der Waals surface area (Å²) in [5.74, 6) is 6.47. The molecular weight excluding hydrogens is 236 g/mol. The van der Waals surface area contributed by atoms with Gasteiger partial charge in [-0.1, -0.05) is 36.3 Å². The van der Waals surface area contributed by atoms with Crippen LogP contribution in [0.2, 0.25) is 0 Å². The summed E-state index contributed by atoms with van der Waals surface area (Å²) in [7, 11) is 0. The molecule has 0 bridgehead atoms. The molecule has 1 aliphatic rings. The summed E-state index contributed by atoms with van der Waals surface area (Å²) < 4.78 is 5.57. The van der Waals surface area contributed by atoms with E-state index >= 15 is 0 Å². The van der Waals surface area contributed by atoms with Crippen LogP contribution in [0, 0.1) is 17.8 Å². The van der Waals surface area contributed by atoms with Crippen molar-refractivity contribution in [2.75, 3.05) is 6.61 Å². The van der Waals surface area contributed by atoms with Gasteiger partial charge in [-0.05, 0) is 31.7 Å². The molecule has 0 amide bonds. The minimum Gasteiger partial charge on any atom is -0.389 e. The standard InChI is InChI=1S/C17H22O2/c1-17(18)12-7-11-16(17)10-5-6-13-19-14-15-8-3-2-4-9-15/h2-4,8-9,16,18H,6-7,11-14H2,1H3. The van der Waals surface area contributed by atoms with Gasteiger partial charge >= 0.3 is 0 Å². The third kappa shape index (κ3) is 4.38. The molecule has 1 saturated carbocycles. The summed E-state index contributed by atoms with van der Waals surface area (Å²) in [5.41, 5.74) is 0.604. The highest BCUT2D eigenvalue weighted by molar-refractivity contribution is 5.13. The average molecular weight is 258 g/mol. The lowest BCUT2D eigenvalue weighted by Crippen LogP contribution is -2.27. The van der Waals surface area contributed by atoms with Crippen LogP contribution in [0.4, 0.5) is 0 Å². The normalized spacial score (nSPS) is 25.9. The lowest BCUT2D eigenvalue weighted by molar-refractivity contribution is 0.0421. The Labute approximate surface area is 115 Å². The van der Waals surface area contributed by atoms with Crippen molar-refractivity contribution in [1.29, 1.82) is 0 Å². The first-order valence-electron chi connectivity index (χ1n) is 7.01. The van der Waals surface area contributed by atoms with Gasteiger partial charge in [0.25, 0.3) is 0 Å². The van der Waals surface area contributed by atoms with Crippen molar-refractivity contribution in [3.05, 3.63) is 35.9 Å². The molecule has 1 fully saturated rings. The number of benzene rings is 1. The Kier molecular flexibility index (Phi) is 5.01. The highest BCUT2D eigenvalue weighted by Gasteiger charge is 2.35. The summed E-state index contributed by atoms with van der Waals surface area (Å²) >= 11 is 0. The van der Waals surface area contributed by atoms with E-state index in [1.54, 1.807) is 0 Å². The summed E-state index contributed by atoms with van der Waals surface area (Å²) in [4.78, 5) is 0. The monoisotopic (exact) mass is 258 g/mol. The van der Waals surface area contributed by atoms with Gasteiger partial charge in [0, 0.05) is 12.3 Å². The average Bonchev–Trinajstić information content (AvgIpc) is 2.74. The molecule has 1 aromatic rings. The third-order valence-electron chi connectivity index (χ3n) is 3.69. The van der Waals surface area contributed by atoms with Crippen molar-refractivity contribution in [1.82, 2.24) is 0 Å². The Morgan fingerprint density at radius 2 is 2.16 bits per heavy atom. The number of rotatable bonds is 4. The maximum Gasteiger partial charge on any atom is 0.0756 e. The van der Waals surface area contributed by atoms with Crippen molar-refractivity contribution in [2.45, 2.75) is 44.8 Å². The summed E-state index contributed by atoms with van der Waals surface area (Å²) in [6, 6.07) is 10.1. The number of aliphatic hydroxyl groups is 1. The van der Waals surface area contributed by atoms with Crippen LogP contribution in [0.25, 0.3) is 0 Å². The van der Waals surface area contributed by atoms with Crippen LogP contribution in [-0.2, 0) is 11.3 Å². The van der Waals surface area contributed by atoms with Crippen LogP contribution >= 0.6 is 0 Å². The smallest absolute Gasteiger partial charge is 0.0756 e. The van der Waals surface area contributed by atoms with Crippen molar-refractivity contribution in [2.24, 2.45) is 5.92 Å². The minimum atomic E-state index is -0.585. The van der Waals surface area contributed by atoms with E-state index in [4.69, 9.17) is 4.74 Å². The zero-order valence-electron chi connectivity index (χ0n) is 11.6. The molecule has 2 unspecified atom stereocenters. The quantitative estimate of drug-likeness (QED) is 0.664. The van der Waals surface area contributed by atoms with Crippen LogP contribution < -0.4 is 0 Å². The van der Waals surface area contributed by atoms with E-state index in [2.05, 4.69) is 24.0 Å². The molecular formula is C17H22O2. The first-order chi connectivity index (χ1) is 9.18. The first-order valence-corrected chi connectivity index (χ1v) is 7.01. The van der Waals surface area contributed by atoms with Gasteiger partial charge in [-0.15, -0.1) is 5.92 Å². The van der Waals surface area contributed by atoms with Gasteiger partial charge in [0.1, 0.15) is 0 Å². The fraction of sp³-hybridized carbons (Fsp3) is 0.529. The van der Waals surface area contributed by atoms with E-state index < -0.39 is 5.60 Å². The van der Waals surface area contributed by atoms with Crippen molar-refractivity contribution in [3.63, 3.8) is 0 Å². The summed E-state index contributed by atoms with van der Waals surface area (Å²) in [6.07, 6.45) is 3.71. The van der Waals surface area contributed by atoms with E-state index in [9.17, 15) is 5.11 Å². The fourth-order valence-electron chi connectivity index (χ4n) is 2.46. The zero-order valence-corrected chi connectivity index (χ0v) is 11.6. The second-order valence-electron chi connectivity index (χ2n) is 5.41. The topological polar surface area (TPSA) is 29.5 Å². The van der Waals surface area contributed by atoms with Crippen LogP contribution in [0.5, 0.6) is 0 Å². The van der Waals surface area contributed by atoms with Crippen LogP contribution in [-0.4, -0.2) is 17.3 Å². The summed E-state index contributed by atoms with van der Waals surface area (Å²) in [5, 5.41) is 10.1. The second-order valence-corrected chi connectivity index (χ2v) is 5.41. The summed E-state index contributed by atoms with van der Waals surface area (Å²) in [6.45, 7) is 3.19. The maximum atomic E-state index is 10.1. The molecule has 19 heavy (non-hydrogen) atoms. The molecule has 0 aromatic heterocycles. The van der Waals surface area contributed by atoms with Gasteiger partial charge in [0.2, 0.25) is 0 Å². The van der Waals surface area contributed by atoms with Gasteiger partial charge in [-0.3, -0.25) is 0 Å². The van der Waals surface area contributed by atoms with E-state index in [-0.39, 0.29) is 5.92 Å². The van der Waals surface area contributed by atoms with Gasteiger partial charge < -0.3 is 9.84 Å². The van der Waals surface area contributed by atoms with Crippen LogP contribution in [0.3, 0.4) is 0 Å². The number of hydrogen-bond donors (Lipinski definition) is 1. The van der Waals surface area contributed by atoms with E-state index in [0.717, 1.165) is 25.7 Å². The molecule has 0 spiro atoms. The molecule has 0 radical (unpaired) electrons. The van der Waals surface area contributed by atoms with E-state index in [0.29, 0.717) is 13.2 Å². The number of ether oxygens (including phenoxy) is 1. The van der Waals surface area contributed by atoms with Crippen molar-refractivity contribution in [3.8, 4) is 11.8 Å². The Balaban J connectivity index is 1.65. The predicted molar refractivity (Wildman–Crippen MR) is 76.5 cm³/mol. The lowest BCUT2D eigenvalue weighted by atomic mass is 9.93. The highest BCUT2D eigenvalue weighted by atomic mass is 16.5. The Morgan fingerprint density at radius 3 is 2.84 bits per heavy atom. The van der Waals surface area contributed by atoms with E-state index in [1.807, 2.05) is 25.1 Å². The largest absolute Gasteiger partial charge is 0.389 e. The maximum absolute atomic E-state index is 10.1. The van der Waals surface area contributed by atoms with E-state index in [1.165, 1.54) is 5.56 Å². The molecule has 2 heteroatoms. The first kappa shape index (κ1) is 14.1. The van der Waals surface area contributed by atoms with Gasteiger partial charge in [-0.2, -0.15) is 0 Å². The molecule has 2 atom stereocenters. The van der Waals surface area contributed by atoms with Crippen LogP contribution in [0.1, 0.15) is 38.2 Å². The fourth-order valence-corrected chi connectivity index (χ4v) is 2.46. The highest BCUT2D eigenvalue weighted by Crippen LogP contribution is 2.34. The minimum absolute atomic E-state index is 0.140.